The summed E-state index contributed by atoms with van der Waals surface area (Å²) in [7, 11) is 1.95. The summed E-state index contributed by atoms with van der Waals surface area (Å²) in [4.78, 5) is 59.3. The fourth-order valence-electron chi connectivity index (χ4n) is 5.35. The van der Waals surface area contributed by atoms with Crippen LogP contribution in [0.4, 0.5) is 0 Å². The average Bonchev–Trinajstić information content (AvgIpc) is 3.41. The Hall–Kier alpha value is -2.37. The highest BCUT2D eigenvalue weighted by atomic mass is 32.1. The third-order valence-electron chi connectivity index (χ3n) is 8.09. The minimum Gasteiger partial charge on any atom is -0.476 e. The fraction of sp³-hybridized carbons (Fsp3) is 0.767. The van der Waals surface area contributed by atoms with Crippen LogP contribution in [0.1, 0.15) is 108 Å². The zero-order chi connectivity index (χ0) is 30.9. The molecule has 2 N–H and O–H groups in total. The molecular weight excluding hydrogens is 546 g/mol. The monoisotopic (exact) mass is 595 g/mol. The first-order valence-electron chi connectivity index (χ1n) is 14.8. The van der Waals surface area contributed by atoms with Crippen molar-refractivity contribution in [1.29, 1.82) is 0 Å². The van der Waals surface area contributed by atoms with E-state index in [1.165, 1.54) is 10.3 Å². The maximum absolute atomic E-state index is 14.3. The summed E-state index contributed by atoms with van der Waals surface area (Å²) in [5.74, 6) is -2.60. The van der Waals surface area contributed by atoms with E-state index in [9.17, 15) is 29.4 Å². The molecule has 1 aliphatic rings. The lowest BCUT2D eigenvalue weighted by atomic mass is 9.82. The van der Waals surface area contributed by atoms with Gasteiger partial charge in [0.15, 0.2) is 18.2 Å². The van der Waals surface area contributed by atoms with Crippen molar-refractivity contribution in [1.82, 2.24) is 14.8 Å². The van der Waals surface area contributed by atoms with Crippen LogP contribution < -0.4 is 0 Å². The number of piperidine rings is 1. The Labute approximate surface area is 248 Å². The van der Waals surface area contributed by atoms with Crippen LogP contribution in [0, 0.1) is 23.7 Å². The molecule has 232 valence electrons. The van der Waals surface area contributed by atoms with Gasteiger partial charge in [0.2, 0.25) is 5.91 Å². The number of aromatic carboxylic acids is 1. The van der Waals surface area contributed by atoms with Gasteiger partial charge in [0.05, 0.1) is 6.04 Å². The normalized spacial score (nSPS) is 19.0. The van der Waals surface area contributed by atoms with Crippen molar-refractivity contribution in [2.75, 3.05) is 20.3 Å². The Morgan fingerprint density at radius 2 is 1.83 bits per heavy atom. The van der Waals surface area contributed by atoms with E-state index in [0.717, 1.165) is 37.1 Å². The van der Waals surface area contributed by atoms with Gasteiger partial charge in [-0.05, 0) is 44.2 Å². The summed E-state index contributed by atoms with van der Waals surface area (Å²) in [5.41, 5.74) is -0.149. The highest BCUT2D eigenvalue weighted by Gasteiger charge is 2.38. The van der Waals surface area contributed by atoms with Gasteiger partial charge in [-0.15, -0.1) is 11.3 Å². The number of nitrogens with zero attached hydrogens (tertiary/aromatic N) is 3. The molecule has 0 bridgehead atoms. The summed E-state index contributed by atoms with van der Waals surface area (Å²) < 4.78 is 5.59. The number of carbonyl (C=O) groups is 4. The summed E-state index contributed by atoms with van der Waals surface area (Å²) in [6.07, 6.45) is 2.75. The van der Waals surface area contributed by atoms with Crippen molar-refractivity contribution < 1.29 is 34.1 Å². The molecule has 11 heteroatoms. The summed E-state index contributed by atoms with van der Waals surface area (Å²) >= 11 is 1.04. The van der Waals surface area contributed by atoms with Gasteiger partial charge in [0.25, 0.3) is 0 Å². The van der Waals surface area contributed by atoms with Gasteiger partial charge in [-0.2, -0.15) is 0 Å². The molecule has 1 aromatic heterocycles. The molecule has 1 aliphatic heterocycles. The number of Topliss-reactive ketones (excluding diaryl/α,β-unsaturated/α-hetero) is 1. The van der Waals surface area contributed by atoms with Gasteiger partial charge < -0.3 is 19.8 Å². The zero-order valence-corrected chi connectivity index (χ0v) is 26.5. The number of ether oxygens (including phenoxy) is 1. The van der Waals surface area contributed by atoms with Crippen LogP contribution in [0.3, 0.4) is 0 Å². The number of carboxylic acid groups (broad SMARTS) is 1. The average molecular weight is 596 g/mol. The predicted octanol–water partition coefficient (Wildman–Crippen LogP) is 4.77. The van der Waals surface area contributed by atoms with Crippen LogP contribution in [0.2, 0.25) is 0 Å². The van der Waals surface area contributed by atoms with Gasteiger partial charge in [-0.25, -0.2) is 9.78 Å². The van der Waals surface area contributed by atoms with Crippen LogP contribution >= 0.6 is 11.3 Å². The number of ketones is 1. The molecule has 0 aromatic carbocycles. The Balaban J connectivity index is 2.38. The minimum atomic E-state index is -1.18. The maximum Gasteiger partial charge on any atom is 0.355 e. The number of rotatable bonds is 16. The summed E-state index contributed by atoms with van der Waals surface area (Å²) in [5, 5.41) is 21.9. The lowest BCUT2D eigenvalue weighted by molar-refractivity contribution is -0.161. The Bertz CT molecular complexity index is 1030. The minimum absolute atomic E-state index is 0.0488. The first-order valence-corrected chi connectivity index (χ1v) is 15.7. The zero-order valence-electron chi connectivity index (χ0n) is 25.7. The number of aromatic nitrogens is 1. The van der Waals surface area contributed by atoms with E-state index < -0.39 is 30.0 Å². The van der Waals surface area contributed by atoms with E-state index in [1.54, 1.807) is 0 Å². The summed E-state index contributed by atoms with van der Waals surface area (Å²) in [6.45, 7) is 12.2. The van der Waals surface area contributed by atoms with Crippen molar-refractivity contribution in [3.63, 3.8) is 0 Å². The molecular formula is C30H49N3O7S. The lowest BCUT2D eigenvalue weighted by Gasteiger charge is -2.39. The molecule has 0 saturated carbocycles. The van der Waals surface area contributed by atoms with Crippen LogP contribution in [0.5, 0.6) is 0 Å². The molecule has 1 fully saturated rings. The molecule has 0 aliphatic carbocycles. The number of aliphatic hydroxyl groups excluding tert-OH is 1. The standard InChI is InChI=1S/C30H49N3O7S/c1-8-20(6)21(14-25(34)23-11-9-10-12-32(23)7)29(37)33(17-40-27(36)13-18(2)3)24(19(4)5)15-26(35)28-31-22(16-41-28)30(38)39/h16,18-21,23-24,26,35H,8-15,17H2,1-7H3,(H,38,39)/t20-,21-,23+,24+,26+/m0/s1. The van der Waals surface area contributed by atoms with Gasteiger partial charge in [0, 0.05) is 36.6 Å². The number of thiazole rings is 1. The molecule has 5 atom stereocenters. The second-order valence-electron chi connectivity index (χ2n) is 12.1. The fourth-order valence-corrected chi connectivity index (χ4v) is 6.14. The number of carboxylic acids is 1. The molecule has 2 rings (SSSR count). The number of amides is 1. The first kappa shape index (κ1) is 34.8. The summed E-state index contributed by atoms with van der Waals surface area (Å²) in [6, 6.07) is -0.767. The Kier molecular flexibility index (Phi) is 13.9. The molecule has 1 aromatic rings. The highest BCUT2D eigenvalue weighted by Crippen LogP contribution is 2.31. The van der Waals surface area contributed by atoms with E-state index in [2.05, 4.69) is 9.88 Å². The van der Waals surface area contributed by atoms with Gasteiger partial charge in [-0.1, -0.05) is 54.4 Å². The van der Waals surface area contributed by atoms with E-state index in [0.29, 0.717) is 6.42 Å². The van der Waals surface area contributed by atoms with Crippen molar-refractivity contribution in [2.24, 2.45) is 23.7 Å². The predicted molar refractivity (Wildman–Crippen MR) is 157 cm³/mol. The van der Waals surface area contributed by atoms with Crippen molar-refractivity contribution in [2.45, 2.75) is 105 Å². The number of hydrogen-bond donors (Lipinski definition) is 2. The van der Waals surface area contributed by atoms with E-state index in [1.807, 2.05) is 48.6 Å². The molecule has 41 heavy (non-hydrogen) atoms. The number of likely N-dealkylation sites (N-methyl/N-ethyl adjacent to an activating group) is 1. The number of carbonyl (C=O) groups excluding carboxylic acids is 3. The second kappa shape index (κ2) is 16.3. The third-order valence-corrected chi connectivity index (χ3v) is 9.04. The molecule has 10 nitrogen and oxygen atoms in total. The molecule has 2 heterocycles. The van der Waals surface area contributed by atoms with Crippen LogP contribution in [0.25, 0.3) is 0 Å². The van der Waals surface area contributed by atoms with Crippen molar-refractivity contribution >= 4 is 35.0 Å². The van der Waals surface area contributed by atoms with Crippen LogP contribution in [-0.4, -0.2) is 81.0 Å². The molecule has 0 radical (unpaired) electrons. The molecule has 1 saturated heterocycles. The number of likely N-dealkylation sites (tertiary alicyclic amines) is 1. The second-order valence-corrected chi connectivity index (χ2v) is 13.0. The van der Waals surface area contributed by atoms with Crippen molar-refractivity contribution in [3.8, 4) is 0 Å². The molecule has 0 unspecified atom stereocenters. The highest BCUT2D eigenvalue weighted by molar-refractivity contribution is 7.09. The molecule has 0 spiro atoms. The van der Waals surface area contributed by atoms with E-state index >= 15 is 0 Å². The first-order chi connectivity index (χ1) is 19.3. The lowest BCUT2D eigenvalue weighted by Crippen LogP contribution is -2.50. The van der Waals surface area contributed by atoms with Crippen LogP contribution in [-0.2, 0) is 19.1 Å². The van der Waals surface area contributed by atoms with Gasteiger partial charge in [0.1, 0.15) is 11.1 Å². The topological polar surface area (TPSA) is 137 Å². The quantitative estimate of drug-likeness (QED) is 0.204. The smallest absolute Gasteiger partial charge is 0.355 e. The number of hydrogen-bond acceptors (Lipinski definition) is 9. The molecule has 1 amide bonds. The number of esters is 1. The maximum atomic E-state index is 14.3. The van der Waals surface area contributed by atoms with E-state index in [-0.39, 0.29) is 72.2 Å². The third kappa shape index (κ3) is 10.1. The largest absolute Gasteiger partial charge is 0.476 e. The van der Waals surface area contributed by atoms with Crippen LogP contribution in [0.15, 0.2) is 5.38 Å². The van der Waals surface area contributed by atoms with E-state index in [4.69, 9.17) is 4.74 Å². The SMILES string of the molecule is CC[C@H](C)[C@H](CC(=O)[C@H]1CCCCN1C)C(=O)N(COC(=O)CC(C)C)[C@H](C[C@@H](O)c1nc(C(=O)O)cs1)C(C)C. The Morgan fingerprint density at radius 3 is 2.37 bits per heavy atom. The number of aliphatic hydroxyl groups is 1. The van der Waals surface area contributed by atoms with Gasteiger partial charge >= 0.3 is 11.9 Å². The van der Waals surface area contributed by atoms with Gasteiger partial charge in [-0.3, -0.25) is 19.3 Å². The Morgan fingerprint density at radius 1 is 1.15 bits per heavy atom. The van der Waals surface area contributed by atoms with Crippen molar-refractivity contribution in [3.05, 3.63) is 16.1 Å².